The first-order valence-electron chi connectivity index (χ1n) is 14.3. The van der Waals surface area contributed by atoms with Gasteiger partial charge in [-0.25, -0.2) is 4.57 Å². The van der Waals surface area contributed by atoms with Crippen LogP contribution in [0, 0.1) is 0 Å². The lowest BCUT2D eigenvalue weighted by Gasteiger charge is -2.24. The molecule has 10 heteroatoms. The zero-order valence-corrected chi connectivity index (χ0v) is 25.1. The molecule has 0 aromatic rings. The number of hydrogen-bond acceptors (Lipinski definition) is 7. The zero-order chi connectivity index (χ0) is 28.0. The van der Waals surface area contributed by atoms with Crippen LogP contribution in [0.5, 0.6) is 0 Å². The number of phosphoric ester groups is 1. The van der Waals surface area contributed by atoms with Gasteiger partial charge in [0.25, 0.3) is 0 Å². The molecule has 0 aromatic heterocycles. The molecule has 0 aliphatic heterocycles. The number of likely N-dealkylation sites (N-methyl/N-ethyl adjacent to an activating group) is 1. The van der Waals surface area contributed by atoms with Crippen molar-refractivity contribution in [2.45, 2.75) is 116 Å². The first kappa shape index (κ1) is 36.0. The highest BCUT2D eigenvalue weighted by molar-refractivity contribution is 7.47. The minimum Gasteiger partial charge on any atom is -0.462 e. The summed E-state index contributed by atoms with van der Waals surface area (Å²) in [4.78, 5) is 34.5. The predicted molar refractivity (Wildman–Crippen MR) is 146 cm³/mol. The summed E-state index contributed by atoms with van der Waals surface area (Å²) in [5.41, 5.74) is 0. The van der Waals surface area contributed by atoms with Crippen LogP contribution in [0.4, 0.5) is 0 Å². The van der Waals surface area contributed by atoms with Crippen molar-refractivity contribution in [3.05, 3.63) is 0 Å². The molecule has 0 spiro atoms. The molecule has 2 atom stereocenters. The SMILES string of the molecule is CCCCCCCCCC(=O)OC(COC(=O)CCCCCCCC)COP(=O)(O)OCC[N+](C)(C)C. The molecule has 0 aromatic carbocycles. The summed E-state index contributed by atoms with van der Waals surface area (Å²) in [5, 5.41) is 0. The summed E-state index contributed by atoms with van der Waals surface area (Å²) < 4.78 is 33.6. The van der Waals surface area contributed by atoms with E-state index in [0.717, 1.165) is 44.9 Å². The van der Waals surface area contributed by atoms with E-state index < -0.39 is 26.5 Å². The third-order valence-electron chi connectivity index (χ3n) is 5.89. The topological polar surface area (TPSA) is 108 Å². The van der Waals surface area contributed by atoms with Crippen LogP contribution in [0.25, 0.3) is 0 Å². The van der Waals surface area contributed by atoms with E-state index in [-0.39, 0.29) is 25.6 Å². The molecular weight excluding hydrogens is 497 g/mol. The summed E-state index contributed by atoms with van der Waals surface area (Å²) in [5.74, 6) is -0.817. The smallest absolute Gasteiger partial charge is 0.462 e. The van der Waals surface area contributed by atoms with E-state index in [9.17, 15) is 19.0 Å². The minimum absolute atomic E-state index is 0.0350. The Morgan fingerprint density at radius 1 is 0.730 bits per heavy atom. The van der Waals surface area contributed by atoms with Crippen LogP contribution >= 0.6 is 7.82 Å². The highest BCUT2D eigenvalue weighted by Gasteiger charge is 2.27. The van der Waals surface area contributed by atoms with E-state index in [4.69, 9.17) is 18.5 Å². The van der Waals surface area contributed by atoms with E-state index in [1.807, 2.05) is 21.1 Å². The molecule has 0 saturated heterocycles. The van der Waals surface area contributed by atoms with E-state index in [1.165, 1.54) is 32.1 Å². The fraction of sp³-hybridized carbons (Fsp3) is 0.926. The Bertz CT molecular complexity index is 638. The third kappa shape index (κ3) is 25.1. The van der Waals surface area contributed by atoms with Crippen LogP contribution < -0.4 is 0 Å². The molecule has 2 unspecified atom stereocenters. The molecule has 0 bridgehead atoms. The number of carbonyl (C=O) groups is 2. The van der Waals surface area contributed by atoms with Gasteiger partial charge in [0.2, 0.25) is 0 Å². The third-order valence-corrected chi connectivity index (χ3v) is 6.87. The standard InChI is InChI=1S/C27H54NO8P/c1-6-8-10-12-14-16-18-20-27(30)36-25(23-33-26(29)19-17-15-13-11-9-7-2)24-35-37(31,32)34-22-21-28(3,4)5/h25H,6-24H2,1-5H3/p+1. The van der Waals surface area contributed by atoms with Crippen LogP contribution in [-0.2, 0) is 32.7 Å². The second-order valence-corrected chi connectivity index (χ2v) is 12.2. The Balaban J connectivity index is 4.59. The zero-order valence-electron chi connectivity index (χ0n) is 24.2. The molecule has 0 amide bonds. The van der Waals surface area contributed by atoms with Gasteiger partial charge in [-0.15, -0.1) is 0 Å². The van der Waals surface area contributed by atoms with E-state index in [1.54, 1.807) is 0 Å². The molecule has 0 fully saturated rings. The number of carbonyl (C=O) groups excluding carboxylic acids is 2. The van der Waals surface area contributed by atoms with E-state index >= 15 is 0 Å². The fourth-order valence-electron chi connectivity index (χ4n) is 3.54. The molecule has 0 aliphatic carbocycles. The number of unbranched alkanes of at least 4 members (excludes halogenated alkanes) is 11. The van der Waals surface area contributed by atoms with Gasteiger partial charge in [-0.1, -0.05) is 84.5 Å². The number of hydrogen-bond donors (Lipinski definition) is 1. The largest absolute Gasteiger partial charge is 0.472 e. The monoisotopic (exact) mass is 552 g/mol. The number of phosphoric acid groups is 1. The van der Waals surface area contributed by atoms with Crippen LogP contribution in [0.15, 0.2) is 0 Å². The second-order valence-electron chi connectivity index (χ2n) is 10.8. The first-order valence-corrected chi connectivity index (χ1v) is 15.8. The lowest BCUT2D eigenvalue weighted by molar-refractivity contribution is -0.870. The normalized spacial score (nSPS) is 14.2. The molecule has 1 N–H and O–H groups in total. The molecule has 0 radical (unpaired) electrons. The van der Waals surface area contributed by atoms with Gasteiger partial charge in [-0.3, -0.25) is 18.6 Å². The minimum atomic E-state index is -4.34. The van der Waals surface area contributed by atoms with Gasteiger partial charge in [-0.2, -0.15) is 0 Å². The summed E-state index contributed by atoms with van der Waals surface area (Å²) >= 11 is 0. The predicted octanol–water partition coefficient (Wildman–Crippen LogP) is 6.17. The highest BCUT2D eigenvalue weighted by atomic mass is 31.2. The number of ether oxygens (including phenoxy) is 2. The molecule has 0 heterocycles. The lowest BCUT2D eigenvalue weighted by atomic mass is 10.1. The van der Waals surface area contributed by atoms with Gasteiger partial charge < -0.3 is 18.9 Å². The van der Waals surface area contributed by atoms with Gasteiger partial charge in [0.05, 0.1) is 27.7 Å². The lowest BCUT2D eigenvalue weighted by Crippen LogP contribution is -2.37. The van der Waals surface area contributed by atoms with Crippen LogP contribution in [0.3, 0.4) is 0 Å². The second kappa shape index (κ2) is 21.9. The molecule has 0 rings (SSSR count). The summed E-state index contributed by atoms with van der Waals surface area (Å²) in [6.45, 7) is 4.26. The molecule has 0 aliphatic rings. The van der Waals surface area contributed by atoms with Crippen LogP contribution in [0.2, 0.25) is 0 Å². The summed E-state index contributed by atoms with van der Waals surface area (Å²) in [7, 11) is 1.48. The Hall–Kier alpha value is -0.990. The first-order chi connectivity index (χ1) is 17.5. The molecule has 0 saturated carbocycles. The number of quaternary nitrogens is 1. The summed E-state index contributed by atoms with van der Waals surface area (Å²) in [6.07, 6.45) is 13.4. The van der Waals surface area contributed by atoms with Crippen molar-refractivity contribution in [2.24, 2.45) is 0 Å². The molecule has 9 nitrogen and oxygen atoms in total. The van der Waals surface area contributed by atoms with Gasteiger partial charge in [0, 0.05) is 12.8 Å². The van der Waals surface area contributed by atoms with Crippen molar-refractivity contribution in [2.75, 3.05) is 47.5 Å². The van der Waals surface area contributed by atoms with Crippen molar-refractivity contribution in [1.82, 2.24) is 0 Å². The summed E-state index contributed by atoms with van der Waals surface area (Å²) in [6, 6.07) is 0. The number of nitrogens with zero attached hydrogens (tertiary/aromatic N) is 1. The van der Waals surface area contributed by atoms with Gasteiger partial charge in [0.1, 0.15) is 19.8 Å². The van der Waals surface area contributed by atoms with Crippen LogP contribution in [-0.4, -0.2) is 74.9 Å². The quantitative estimate of drug-likeness (QED) is 0.0620. The maximum Gasteiger partial charge on any atom is 0.472 e. The number of esters is 2. The van der Waals surface area contributed by atoms with Crippen molar-refractivity contribution >= 4 is 19.8 Å². The van der Waals surface area contributed by atoms with Crippen LogP contribution in [0.1, 0.15) is 110 Å². The van der Waals surface area contributed by atoms with Crippen molar-refractivity contribution < 1.29 is 42.1 Å². The van der Waals surface area contributed by atoms with Gasteiger partial charge >= 0.3 is 19.8 Å². The van der Waals surface area contributed by atoms with E-state index in [0.29, 0.717) is 23.9 Å². The maximum atomic E-state index is 12.4. The Kier molecular flexibility index (Phi) is 21.3. The molecule has 37 heavy (non-hydrogen) atoms. The fourth-order valence-corrected chi connectivity index (χ4v) is 4.28. The van der Waals surface area contributed by atoms with Crippen molar-refractivity contribution in [3.63, 3.8) is 0 Å². The molecular formula is C27H55NO8P+. The number of rotatable bonds is 25. The van der Waals surface area contributed by atoms with Crippen molar-refractivity contribution in [3.8, 4) is 0 Å². The average Bonchev–Trinajstić information content (AvgIpc) is 2.81. The maximum absolute atomic E-state index is 12.4. The Labute approximate surface area is 225 Å². The Morgan fingerprint density at radius 3 is 1.73 bits per heavy atom. The van der Waals surface area contributed by atoms with E-state index in [2.05, 4.69) is 13.8 Å². The van der Waals surface area contributed by atoms with Gasteiger partial charge in [-0.05, 0) is 12.8 Å². The molecule has 220 valence electrons. The Morgan fingerprint density at radius 2 is 1.22 bits per heavy atom. The highest BCUT2D eigenvalue weighted by Crippen LogP contribution is 2.43. The average molecular weight is 553 g/mol. The van der Waals surface area contributed by atoms with Crippen molar-refractivity contribution in [1.29, 1.82) is 0 Å². The van der Waals surface area contributed by atoms with Gasteiger partial charge in [0.15, 0.2) is 6.10 Å².